The molecule has 3 aromatic rings. The molecule has 1 unspecified atom stereocenters. The van der Waals surface area contributed by atoms with Crippen LogP contribution in [0.3, 0.4) is 0 Å². The highest BCUT2D eigenvalue weighted by atomic mass is 32.1. The summed E-state index contributed by atoms with van der Waals surface area (Å²) in [5.74, 6) is -1.79. The number of amides is 1. The Morgan fingerprint density at radius 2 is 1.72 bits per heavy atom. The van der Waals surface area contributed by atoms with Gasteiger partial charge < -0.3 is 10.4 Å². The summed E-state index contributed by atoms with van der Waals surface area (Å²) < 4.78 is 38.2. The molecule has 29 heavy (non-hydrogen) atoms. The summed E-state index contributed by atoms with van der Waals surface area (Å²) in [6, 6.07) is 12.2. The smallest absolute Gasteiger partial charge is 0.416 e. The second-order valence-electron chi connectivity index (χ2n) is 6.15. The van der Waals surface area contributed by atoms with E-state index >= 15 is 0 Å². The molecule has 0 radical (unpaired) electrons. The average molecular weight is 420 g/mol. The third kappa shape index (κ3) is 5.20. The Balaban J connectivity index is 1.79. The molecule has 0 aliphatic carbocycles. The summed E-state index contributed by atoms with van der Waals surface area (Å²) in [6.45, 7) is 0. The Hall–Kier alpha value is -3.20. The number of rotatable bonds is 6. The van der Waals surface area contributed by atoms with Crippen molar-refractivity contribution < 1.29 is 27.9 Å². The zero-order chi connectivity index (χ0) is 21.0. The molecular formula is C20H15F3N2O3S. The molecule has 0 fully saturated rings. The molecule has 1 atom stereocenters. The van der Waals surface area contributed by atoms with Gasteiger partial charge in [-0.1, -0.05) is 42.5 Å². The molecule has 3 rings (SSSR count). The molecular weight excluding hydrogens is 405 g/mol. The van der Waals surface area contributed by atoms with Crippen molar-refractivity contribution in [2.24, 2.45) is 0 Å². The predicted molar refractivity (Wildman–Crippen MR) is 101 cm³/mol. The van der Waals surface area contributed by atoms with Gasteiger partial charge in [0.1, 0.15) is 0 Å². The summed E-state index contributed by atoms with van der Waals surface area (Å²) in [5, 5.41) is 13.5. The van der Waals surface area contributed by atoms with Gasteiger partial charge in [-0.3, -0.25) is 9.59 Å². The van der Waals surface area contributed by atoms with Crippen LogP contribution >= 0.6 is 11.3 Å². The van der Waals surface area contributed by atoms with Crippen LogP contribution in [0, 0.1) is 0 Å². The highest BCUT2D eigenvalue weighted by Crippen LogP contribution is 2.30. The number of carbonyl (C=O) groups excluding carboxylic acids is 1. The number of halogens is 3. The summed E-state index contributed by atoms with van der Waals surface area (Å²) in [5.41, 5.74) is 0.834. The third-order valence-corrected chi connectivity index (χ3v) is 4.93. The van der Waals surface area contributed by atoms with E-state index in [-0.39, 0.29) is 10.6 Å². The van der Waals surface area contributed by atoms with Crippen LogP contribution in [0.25, 0.3) is 11.3 Å². The molecule has 0 aliphatic heterocycles. The number of carbonyl (C=O) groups is 2. The second kappa shape index (κ2) is 8.44. The van der Waals surface area contributed by atoms with Crippen molar-refractivity contribution in [2.45, 2.75) is 18.6 Å². The maximum atomic E-state index is 12.7. The van der Waals surface area contributed by atoms with E-state index in [9.17, 15) is 22.8 Å². The average Bonchev–Trinajstić information content (AvgIpc) is 3.18. The highest BCUT2D eigenvalue weighted by molar-refractivity contribution is 7.12. The zero-order valence-corrected chi connectivity index (χ0v) is 15.6. The van der Waals surface area contributed by atoms with Crippen molar-refractivity contribution >= 4 is 23.2 Å². The van der Waals surface area contributed by atoms with Gasteiger partial charge in [-0.25, -0.2) is 4.98 Å². The summed E-state index contributed by atoms with van der Waals surface area (Å²) in [7, 11) is 0. The van der Waals surface area contributed by atoms with Crippen LogP contribution in [-0.4, -0.2) is 22.0 Å². The van der Waals surface area contributed by atoms with E-state index in [0.717, 1.165) is 41.2 Å². The molecule has 0 saturated heterocycles. The number of hydrogen-bond donors (Lipinski definition) is 2. The molecule has 1 heterocycles. The normalized spacial score (nSPS) is 12.4. The lowest BCUT2D eigenvalue weighted by molar-refractivity contribution is -0.138. The quantitative estimate of drug-likeness (QED) is 0.602. The van der Waals surface area contributed by atoms with E-state index < -0.39 is 36.1 Å². The molecule has 2 aromatic carbocycles. The van der Waals surface area contributed by atoms with E-state index in [1.54, 1.807) is 5.38 Å². The fraction of sp³-hybridized carbons (Fsp3) is 0.150. The van der Waals surface area contributed by atoms with Gasteiger partial charge in [-0.2, -0.15) is 13.2 Å². The van der Waals surface area contributed by atoms with Gasteiger partial charge in [0, 0.05) is 10.9 Å². The molecule has 1 aromatic heterocycles. The first kappa shape index (κ1) is 20.5. The molecule has 0 aliphatic rings. The van der Waals surface area contributed by atoms with E-state index in [4.69, 9.17) is 5.11 Å². The summed E-state index contributed by atoms with van der Waals surface area (Å²) >= 11 is 1.10. The van der Waals surface area contributed by atoms with Crippen molar-refractivity contribution in [1.82, 2.24) is 10.3 Å². The number of alkyl halides is 3. The molecule has 150 valence electrons. The first-order chi connectivity index (χ1) is 13.7. The van der Waals surface area contributed by atoms with Crippen molar-refractivity contribution in [3.8, 4) is 11.3 Å². The van der Waals surface area contributed by atoms with Gasteiger partial charge in [-0.05, 0) is 17.7 Å². The maximum absolute atomic E-state index is 12.7. The Kier molecular flexibility index (Phi) is 5.97. The molecule has 5 nitrogen and oxygen atoms in total. The molecule has 9 heteroatoms. The van der Waals surface area contributed by atoms with Gasteiger partial charge >= 0.3 is 12.1 Å². The second-order valence-corrected chi connectivity index (χ2v) is 7.01. The van der Waals surface area contributed by atoms with Crippen LogP contribution in [0.2, 0.25) is 0 Å². The Bertz CT molecular complexity index is 1000. The van der Waals surface area contributed by atoms with Crippen molar-refractivity contribution in [2.75, 3.05) is 0 Å². The third-order valence-electron chi connectivity index (χ3n) is 4.09. The largest absolute Gasteiger partial charge is 0.481 e. The first-order valence-corrected chi connectivity index (χ1v) is 9.33. The van der Waals surface area contributed by atoms with Crippen LogP contribution in [0.5, 0.6) is 0 Å². The van der Waals surface area contributed by atoms with Crippen LogP contribution < -0.4 is 5.32 Å². The Labute approximate surface area is 167 Å². The molecule has 0 saturated carbocycles. The van der Waals surface area contributed by atoms with E-state index in [1.165, 1.54) is 0 Å². The molecule has 0 spiro atoms. The fourth-order valence-electron chi connectivity index (χ4n) is 2.67. The van der Waals surface area contributed by atoms with Gasteiger partial charge in [0.05, 0.1) is 23.7 Å². The summed E-state index contributed by atoms with van der Waals surface area (Å²) in [4.78, 5) is 28.0. The van der Waals surface area contributed by atoms with Gasteiger partial charge in [0.2, 0.25) is 0 Å². The Morgan fingerprint density at radius 3 is 2.31 bits per heavy atom. The fourth-order valence-corrected chi connectivity index (χ4v) is 3.40. The number of benzene rings is 2. The number of carboxylic acids is 1. The standard InChI is InChI=1S/C20H15F3N2O3S/c21-20(22,23)14-8-6-13(7-9-14)15(10-17(26)27)24-18(28)19-25-16(11-29-19)12-4-2-1-3-5-12/h1-9,11,15H,10H2,(H,24,28)(H,26,27). The SMILES string of the molecule is O=C(O)CC(NC(=O)c1nc(-c2ccccc2)cs1)c1ccc(C(F)(F)F)cc1. The number of thiazole rings is 1. The number of aliphatic carboxylic acids is 1. The van der Waals surface area contributed by atoms with Crippen molar-refractivity contribution in [3.05, 3.63) is 76.1 Å². The lowest BCUT2D eigenvalue weighted by Crippen LogP contribution is -2.30. The van der Waals surface area contributed by atoms with Crippen molar-refractivity contribution in [1.29, 1.82) is 0 Å². The van der Waals surface area contributed by atoms with Gasteiger partial charge in [0.15, 0.2) is 5.01 Å². The highest BCUT2D eigenvalue weighted by Gasteiger charge is 2.30. The van der Waals surface area contributed by atoms with E-state index in [2.05, 4.69) is 10.3 Å². The minimum absolute atomic E-state index is 0.131. The predicted octanol–water partition coefficient (Wildman–Crippen LogP) is 4.77. The van der Waals surface area contributed by atoms with Crippen molar-refractivity contribution in [3.63, 3.8) is 0 Å². The topological polar surface area (TPSA) is 79.3 Å². The van der Waals surface area contributed by atoms with Gasteiger partial charge in [-0.15, -0.1) is 11.3 Å². The van der Waals surface area contributed by atoms with Crippen LogP contribution in [0.4, 0.5) is 13.2 Å². The van der Waals surface area contributed by atoms with Crippen LogP contribution in [-0.2, 0) is 11.0 Å². The molecule has 2 N–H and O–H groups in total. The van der Waals surface area contributed by atoms with Crippen LogP contribution in [0.15, 0.2) is 60.0 Å². The summed E-state index contributed by atoms with van der Waals surface area (Å²) in [6.07, 6.45) is -4.98. The minimum atomic E-state index is -4.50. The number of aromatic nitrogens is 1. The lowest BCUT2D eigenvalue weighted by Gasteiger charge is -2.17. The zero-order valence-electron chi connectivity index (χ0n) is 14.8. The van der Waals surface area contributed by atoms with E-state index in [0.29, 0.717) is 5.69 Å². The van der Waals surface area contributed by atoms with Gasteiger partial charge in [0.25, 0.3) is 5.91 Å². The number of hydrogen-bond acceptors (Lipinski definition) is 4. The number of nitrogens with one attached hydrogen (secondary N) is 1. The minimum Gasteiger partial charge on any atom is -0.481 e. The first-order valence-electron chi connectivity index (χ1n) is 8.45. The monoisotopic (exact) mass is 420 g/mol. The Morgan fingerprint density at radius 1 is 1.07 bits per heavy atom. The molecule has 1 amide bonds. The maximum Gasteiger partial charge on any atom is 0.416 e. The van der Waals surface area contributed by atoms with Crippen LogP contribution in [0.1, 0.15) is 33.4 Å². The van der Waals surface area contributed by atoms with E-state index in [1.807, 2.05) is 30.3 Å². The molecule has 0 bridgehead atoms. The lowest BCUT2D eigenvalue weighted by atomic mass is 10.0. The number of carboxylic acid groups (broad SMARTS) is 1. The number of nitrogens with zero attached hydrogens (tertiary/aromatic N) is 1.